The molecule has 0 fully saturated rings. The first-order chi connectivity index (χ1) is 18.8. The van der Waals surface area contributed by atoms with Crippen LogP contribution in [0.1, 0.15) is 0 Å². The van der Waals surface area contributed by atoms with Crippen molar-refractivity contribution in [3.63, 3.8) is 0 Å². The number of aromatic nitrogens is 1. The van der Waals surface area contributed by atoms with Crippen LogP contribution in [0.15, 0.2) is 140 Å². The Morgan fingerprint density at radius 1 is 0.368 bits per heavy atom. The highest BCUT2D eigenvalue weighted by molar-refractivity contribution is 7.25. The van der Waals surface area contributed by atoms with Gasteiger partial charge in [0.2, 0.25) is 0 Å². The Hall–Kier alpha value is -4.66. The predicted molar refractivity (Wildman–Crippen MR) is 165 cm³/mol. The van der Waals surface area contributed by atoms with Crippen LogP contribution in [-0.4, -0.2) is 4.57 Å². The fourth-order valence-corrected chi connectivity index (χ4v) is 6.91. The summed E-state index contributed by atoms with van der Waals surface area (Å²) < 4.78 is 5.08. The quantitative estimate of drug-likeness (QED) is 0.227. The van der Waals surface area contributed by atoms with Crippen LogP contribution in [0.3, 0.4) is 0 Å². The first kappa shape index (κ1) is 21.4. The Labute approximate surface area is 224 Å². The zero-order chi connectivity index (χ0) is 25.1. The highest BCUT2D eigenvalue weighted by atomic mass is 32.1. The molecule has 38 heavy (non-hydrogen) atoms. The molecule has 2 heteroatoms. The third-order valence-corrected chi connectivity index (χ3v) is 8.73. The van der Waals surface area contributed by atoms with Crippen molar-refractivity contribution in [1.29, 1.82) is 0 Å². The van der Waals surface area contributed by atoms with E-state index < -0.39 is 0 Å². The lowest BCUT2D eigenvalue weighted by molar-refractivity contribution is 1.19. The van der Waals surface area contributed by atoms with E-state index in [1.165, 1.54) is 69.9 Å². The Balaban J connectivity index is 1.41. The van der Waals surface area contributed by atoms with E-state index in [-0.39, 0.29) is 0 Å². The van der Waals surface area contributed by atoms with E-state index in [2.05, 4.69) is 144 Å². The van der Waals surface area contributed by atoms with Crippen molar-refractivity contribution < 1.29 is 0 Å². The normalized spacial score (nSPS) is 11.7. The maximum absolute atomic E-state index is 2.43. The second-order valence-electron chi connectivity index (χ2n) is 9.81. The van der Waals surface area contributed by atoms with Gasteiger partial charge in [-0.25, -0.2) is 0 Å². The van der Waals surface area contributed by atoms with Crippen molar-refractivity contribution in [3.05, 3.63) is 140 Å². The molecule has 0 aliphatic rings. The fourth-order valence-electron chi connectivity index (χ4n) is 5.78. The molecule has 2 aromatic heterocycles. The molecule has 8 rings (SSSR count). The lowest BCUT2D eigenvalue weighted by Crippen LogP contribution is -1.93. The minimum Gasteiger partial charge on any atom is -0.309 e. The summed E-state index contributed by atoms with van der Waals surface area (Å²) in [5, 5.41) is 5.21. The minimum atomic E-state index is 1.20. The molecule has 0 unspecified atom stereocenters. The standard InChI is InChI=1S/C36H23NS/c1-3-9-24(10-4-1)26-15-19-33-31(21-26)32-22-27(25-11-5-2-6-12-25)16-20-34(32)37(33)28-17-18-30-29-13-7-8-14-35(29)38-36(30)23-28/h1-23H. The smallest absolute Gasteiger partial charge is 0.0541 e. The monoisotopic (exact) mass is 501 g/mol. The van der Waals surface area contributed by atoms with Crippen LogP contribution in [0.5, 0.6) is 0 Å². The molecule has 2 heterocycles. The van der Waals surface area contributed by atoms with Gasteiger partial charge in [0.25, 0.3) is 0 Å². The maximum Gasteiger partial charge on any atom is 0.0541 e. The Morgan fingerprint density at radius 3 is 1.55 bits per heavy atom. The van der Waals surface area contributed by atoms with Crippen LogP contribution in [0.4, 0.5) is 0 Å². The maximum atomic E-state index is 2.43. The topological polar surface area (TPSA) is 4.93 Å². The van der Waals surface area contributed by atoms with Crippen molar-refractivity contribution in [2.75, 3.05) is 0 Å². The van der Waals surface area contributed by atoms with Crippen molar-refractivity contribution >= 4 is 53.3 Å². The van der Waals surface area contributed by atoms with E-state index in [1.807, 2.05) is 11.3 Å². The van der Waals surface area contributed by atoms with Gasteiger partial charge in [-0.2, -0.15) is 0 Å². The SMILES string of the molecule is c1ccc(-c2ccc3c(c2)c2cc(-c4ccccc4)ccc2n3-c2ccc3c(c2)sc2ccccc23)cc1. The lowest BCUT2D eigenvalue weighted by atomic mass is 10.0. The molecule has 1 nitrogen and oxygen atoms in total. The summed E-state index contributed by atoms with van der Waals surface area (Å²) in [6.45, 7) is 0. The van der Waals surface area contributed by atoms with Crippen molar-refractivity contribution in [2.45, 2.75) is 0 Å². The van der Waals surface area contributed by atoms with Crippen LogP contribution >= 0.6 is 11.3 Å². The molecule has 0 atom stereocenters. The molecular weight excluding hydrogens is 478 g/mol. The Kier molecular flexibility index (Phi) is 4.76. The number of hydrogen-bond acceptors (Lipinski definition) is 1. The Bertz CT molecular complexity index is 2020. The number of benzene rings is 6. The van der Waals surface area contributed by atoms with Gasteiger partial charge in [0.15, 0.2) is 0 Å². The molecule has 6 aromatic carbocycles. The molecule has 0 saturated heterocycles. The van der Waals surface area contributed by atoms with Gasteiger partial charge >= 0.3 is 0 Å². The average Bonchev–Trinajstić information content (AvgIpc) is 3.52. The van der Waals surface area contributed by atoms with E-state index in [0.717, 1.165) is 0 Å². The zero-order valence-corrected chi connectivity index (χ0v) is 21.5. The van der Waals surface area contributed by atoms with Crippen molar-refractivity contribution in [3.8, 4) is 27.9 Å². The first-order valence-corrected chi connectivity index (χ1v) is 13.8. The van der Waals surface area contributed by atoms with Gasteiger partial charge in [0.05, 0.1) is 11.0 Å². The van der Waals surface area contributed by atoms with E-state index in [0.29, 0.717) is 0 Å². The third-order valence-electron chi connectivity index (χ3n) is 7.60. The number of thiophene rings is 1. The van der Waals surface area contributed by atoms with Crippen molar-refractivity contribution in [1.82, 2.24) is 4.57 Å². The molecule has 0 radical (unpaired) electrons. The van der Waals surface area contributed by atoms with Gasteiger partial charge in [0, 0.05) is 36.6 Å². The van der Waals surface area contributed by atoms with Gasteiger partial charge in [0.1, 0.15) is 0 Å². The summed E-state index contributed by atoms with van der Waals surface area (Å²) in [6, 6.07) is 50.7. The van der Waals surface area contributed by atoms with E-state index in [1.54, 1.807) is 0 Å². The van der Waals surface area contributed by atoms with Crippen molar-refractivity contribution in [2.24, 2.45) is 0 Å². The second-order valence-corrected chi connectivity index (χ2v) is 10.9. The summed E-state index contributed by atoms with van der Waals surface area (Å²) in [5.41, 5.74) is 8.60. The van der Waals surface area contributed by atoms with Gasteiger partial charge in [-0.1, -0.05) is 97.1 Å². The summed E-state index contributed by atoms with van der Waals surface area (Å²) in [5.74, 6) is 0. The van der Waals surface area contributed by atoms with E-state index in [9.17, 15) is 0 Å². The van der Waals surface area contributed by atoms with Gasteiger partial charge in [-0.05, 0) is 64.7 Å². The molecule has 0 aliphatic carbocycles. The highest BCUT2D eigenvalue weighted by Crippen LogP contribution is 2.39. The molecule has 0 saturated carbocycles. The average molecular weight is 502 g/mol. The number of hydrogen-bond donors (Lipinski definition) is 0. The summed E-state index contributed by atoms with van der Waals surface area (Å²) in [7, 11) is 0. The van der Waals surface area contributed by atoms with Gasteiger partial charge < -0.3 is 4.57 Å². The zero-order valence-electron chi connectivity index (χ0n) is 20.6. The second kappa shape index (κ2) is 8.44. The molecule has 178 valence electrons. The molecule has 0 N–H and O–H groups in total. The van der Waals surface area contributed by atoms with Crippen LogP contribution < -0.4 is 0 Å². The van der Waals surface area contributed by atoms with E-state index in [4.69, 9.17) is 0 Å². The lowest BCUT2D eigenvalue weighted by Gasteiger charge is -2.09. The highest BCUT2D eigenvalue weighted by Gasteiger charge is 2.16. The predicted octanol–water partition coefficient (Wildman–Crippen LogP) is 10.5. The fraction of sp³-hybridized carbons (Fsp3) is 0. The summed E-state index contributed by atoms with van der Waals surface area (Å²) in [6.07, 6.45) is 0. The first-order valence-electron chi connectivity index (χ1n) is 12.9. The van der Waals surface area contributed by atoms with Crippen LogP contribution in [-0.2, 0) is 0 Å². The van der Waals surface area contributed by atoms with E-state index >= 15 is 0 Å². The van der Waals surface area contributed by atoms with Crippen LogP contribution in [0.2, 0.25) is 0 Å². The molecule has 0 bridgehead atoms. The number of fused-ring (bicyclic) bond motifs is 6. The molecule has 0 amide bonds. The summed E-state index contributed by atoms with van der Waals surface area (Å²) >= 11 is 1.87. The number of rotatable bonds is 3. The Morgan fingerprint density at radius 2 is 0.921 bits per heavy atom. The molecule has 8 aromatic rings. The van der Waals surface area contributed by atoms with Crippen LogP contribution in [0, 0.1) is 0 Å². The third kappa shape index (κ3) is 3.31. The minimum absolute atomic E-state index is 1.20. The van der Waals surface area contributed by atoms with Gasteiger partial charge in [-0.3, -0.25) is 0 Å². The molecule has 0 spiro atoms. The summed E-state index contributed by atoms with van der Waals surface area (Å²) in [4.78, 5) is 0. The largest absolute Gasteiger partial charge is 0.309 e. The molecule has 0 aliphatic heterocycles. The van der Waals surface area contributed by atoms with Crippen LogP contribution in [0.25, 0.3) is 69.9 Å². The molecular formula is C36H23NS. The number of nitrogens with zero attached hydrogens (tertiary/aromatic N) is 1. The van der Waals surface area contributed by atoms with Gasteiger partial charge in [-0.15, -0.1) is 11.3 Å².